The molecule has 0 saturated heterocycles. The summed E-state index contributed by atoms with van der Waals surface area (Å²) in [6.45, 7) is 3.12. The summed E-state index contributed by atoms with van der Waals surface area (Å²) in [6, 6.07) is 17.0. The summed E-state index contributed by atoms with van der Waals surface area (Å²) < 4.78 is 3.12. The molecule has 3 nitrogen and oxygen atoms in total. The molecule has 0 saturated carbocycles. The lowest BCUT2D eigenvalue weighted by Crippen LogP contribution is -2.07. The SMILES string of the molecule is Cc1ccc(-c2nn(-c3cccc(Br)c3)c3c2CCCCN3)cc1. The van der Waals surface area contributed by atoms with Gasteiger partial charge in [0.2, 0.25) is 0 Å². The second-order valence-corrected chi connectivity index (χ2v) is 7.23. The van der Waals surface area contributed by atoms with Crippen LogP contribution in [0.2, 0.25) is 0 Å². The van der Waals surface area contributed by atoms with Crippen molar-refractivity contribution in [3.8, 4) is 16.9 Å². The molecule has 0 spiro atoms. The van der Waals surface area contributed by atoms with E-state index in [0.29, 0.717) is 0 Å². The summed E-state index contributed by atoms with van der Waals surface area (Å²) in [5.74, 6) is 1.14. The van der Waals surface area contributed by atoms with E-state index < -0.39 is 0 Å². The minimum Gasteiger partial charge on any atom is -0.370 e. The van der Waals surface area contributed by atoms with Crippen LogP contribution in [0.15, 0.2) is 53.0 Å². The molecule has 122 valence electrons. The Balaban J connectivity index is 1.90. The molecule has 0 amide bonds. The van der Waals surface area contributed by atoms with Gasteiger partial charge < -0.3 is 5.32 Å². The van der Waals surface area contributed by atoms with Crippen LogP contribution in [0.1, 0.15) is 24.0 Å². The molecular formula is C20H20BrN3. The molecule has 1 aliphatic heterocycles. The number of hydrogen-bond donors (Lipinski definition) is 1. The number of benzene rings is 2. The van der Waals surface area contributed by atoms with Gasteiger partial charge in [-0.05, 0) is 44.4 Å². The lowest BCUT2D eigenvalue weighted by molar-refractivity contribution is 0.780. The van der Waals surface area contributed by atoms with Crippen molar-refractivity contribution in [3.63, 3.8) is 0 Å². The largest absolute Gasteiger partial charge is 0.370 e. The Morgan fingerprint density at radius 2 is 1.92 bits per heavy atom. The quantitative estimate of drug-likeness (QED) is 0.647. The molecule has 0 atom stereocenters. The van der Waals surface area contributed by atoms with Crippen LogP contribution in [0.5, 0.6) is 0 Å². The van der Waals surface area contributed by atoms with Crippen molar-refractivity contribution in [3.05, 3.63) is 64.1 Å². The minimum absolute atomic E-state index is 1.00. The molecule has 1 aliphatic rings. The predicted molar refractivity (Wildman–Crippen MR) is 103 cm³/mol. The van der Waals surface area contributed by atoms with E-state index in [4.69, 9.17) is 5.10 Å². The van der Waals surface area contributed by atoms with E-state index in [1.54, 1.807) is 0 Å². The molecule has 4 heteroatoms. The molecule has 2 heterocycles. The van der Waals surface area contributed by atoms with Crippen molar-refractivity contribution < 1.29 is 0 Å². The fourth-order valence-electron chi connectivity index (χ4n) is 3.24. The first-order valence-corrected chi connectivity index (χ1v) is 9.20. The molecule has 0 unspecified atom stereocenters. The van der Waals surface area contributed by atoms with Crippen LogP contribution < -0.4 is 5.32 Å². The zero-order chi connectivity index (χ0) is 16.5. The number of aromatic nitrogens is 2. The molecule has 24 heavy (non-hydrogen) atoms. The summed E-state index contributed by atoms with van der Waals surface area (Å²) in [5.41, 5.74) is 5.97. The van der Waals surface area contributed by atoms with E-state index in [1.807, 2.05) is 6.07 Å². The van der Waals surface area contributed by atoms with Crippen LogP contribution in [-0.4, -0.2) is 16.3 Å². The van der Waals surface area contributed by atoms with Crippen LogP contribution in [-0.2, 0) is 6.42 Å². The number of rotatable bonds is 2. The maximum absolute atomic E-state index is 4.98. The average Bonchev–Trinajstić information content (AvgIpc) is 2.77. The number of nitrogens with one attached hydrogen (secondary N) is 1. The highest BCUT2D eigenvalue weighted by molar-refractivity contribution is 9.10. The highest BCUT2D eigenvalue weighted by Crippen LogP contribution is 2.34. The summed E-state index contributed by atoms with van der Waals surface area (Å²) in [6.07, 6.45) is 3.46. The van der Waals surface area contributed by atoms with Gasteiger partial charge in [-0.1, -0.05) is 51.8 Å². The molecule has 0 aliphatic carbocycles. The van der Waals surface area contributed by atoms with Gasteiger partial charge in [0.05, 0.1) is 11.4 Å². The Bertz CT molecular complexity index is 865. The van der Waals surface area contributed by atoms with Crippen molar-refractivity contribution >= 4 is 21.7 Å². The standard InChI is InChI=1S/C20H20BrN3/c1-14-8-10-15(11-9-14)19-18-7-2-3-12-22-20(18)24(23-19)17-6-4-5-16(21)13-17/h4-6,8-11,13,22H,2-3,7,12H2,1H3. The summed E-state index contributed by atoms with van der Waals surface area (Å²) >= 11 is 3.57. The van der Waals surface area contributed by atoms with Gasteiger partial charge in [-0.15, -0.1) is 0 Å². The smallest absolute Gasteiger partial charge is 0.133 e. The van der Waals surface area contributed by atoms with E-state index >= 15 is 0 Å². The third-order valence-electron chi connectivity index (χ3n) is 4.51. The molecule has 1 N–H and O–H groups in total. The number of nitrogens with zero attached hydrogens (tertiary/aromatic N) is 2. The van der Waals surface area contributed by atoms with E-state index in [-0.39, 0.29) is 0 Å². The number of aryl methyl sites for hydroxylation is 1. The Morgan fingerprint density at radius 1 is 1.08 bits per heavy atom. The molecule has 0 bridgehead atoms. The van der Waals surface area contributed by atoms with Crippen LogP contribution in [0.4, 0.5) is 5.82 Å². The van der Waals surface area contributed by atoms with Gasteiger partial charge in [-0.3, -0.25) is 0 Å². The van der Waals surface area contributed by atoms with Crippen molar-refractivity contribution in [2.24, 2.45) is 0 Å². The highest BCUT2D eigenvalue weighted by Gasteiger charge is 2.21. The third kappa shape index (κ3) is 2.86. The zero-order valence-electron chi connectivity index (χ0n) is 13.7. The lowest BCUT2D eigenvalue weighted by atomic mass is 10.0. The molecule has 2 aromatic carbocycles. The van der Waals surface area contributed by atoms with Gasteiger partial charge in [0, 0.05) is 22.1 Å². The van der Waals surface area contributed by atoms with Gasteiger partial charge in [0.15, 0.2) is 0 Å². The van der Waals surface area contributed by atoms with Gasteiger partial charge in [-0.2, -0.15) is 5.10 Å². The topological polar surface area (TPSA) is 29.9 Å². The Labute approximate surface area is 150 Å². The maximum Gasteiger partial charge on any atom is 0.133 e. The molecule has 0 radical (unpaired) electrons. The monoisotopic (exact) mass is 381 g/mol. The molecule has 3 aromatic rings. The fraction of sp³-hybridized carbons (Fsp3) is 0.250. The van der Waals surface area contributed by atoms with Crippen molar-refractivity contribution in [1.82, 2.24) is 9.78 Å². The average molecular weight is 382 g/mol. The number of halogens is 1. The van der Waals surface area contributed by atoms with Crippen LogP contribution in [0, 0.1) is 6.92 Å². The van der Waals surface area contributed by atoms with Gasteiger partial charge in [0.25, 0.3) is 0 Å². The van der Waals surface area contributed by atoms with Crippen molar-refractivity contribution in [2.45, 2.75) is 26.2 Å². The highest BCUT2D eigenvalue weighted by atomic mass is 79.9. The van der Waals surface area contributed by atoms with Gasteiger partial charge in [-0.25, -0.2) is 4.68 Å². The Hall–Kier alpha value is -2.07. The first-order valence-electron chi connectivity index (χ1n) is 8.41. The van der Waals surface area contributed by atoms with Crippen LogP contribution >= 0.6 is 15.9 Å². The summed E-state index contributed by atoms with van der Waals surface area (Å²) in [5, 5.41) is 8.58. The first-order chi connectivity index (χ1) is 11.7. The minimum atomic E-state index is 1.00. The maximum atomic E-state index is 4.98. The third-order valence-corrected chi connectivity index (χ3v) is 5.00. The summed E-state index contributed by atoms with van der Waals surface area (Å²) in [7, 11) is 0. The van der Waals surface area contributed by atoms with E-state index in [0.717, 1.165) is 34.6 Å². The Morgan fingerprint density at radius 3 is 2.71 bits per heavy atom. The van der Waals surface area contributed by atoms with E-state index in [9.17, 15) is 0 Å². The Kier molecular flexibility index (Phi) is 4.15. The van der Waals surface area contributed by atoms with Gasteiger partial charge in [0.1, 0.15) is 5.82 Å². The predicted octanol–water partition coefficient (Wildman–Crippen LogP) is 5.36. The van der Waals surface area contributed by atoms with Crippen LogP contribution in [0.3, 0.4) is 0 Å². The number of fused-ring (bicyclic) bond motifs is 1. The van der Waals surface area contributed by atoms with Crippen molar-refractivity contribution in [1.29, 1.82) is 0 Å². The molecule has 0 fully saturated rings. The molecule has 1 aromatic heterocycles. The second kappa shape index (κ2) is 6.44. The molecule has 4 rings (SSSR count). The molecular weight excluding hydrogens is 362 g/mol. The zero-order valence-corrected chi connectivity index (χ0v) is 15.3. The lowest BCUT2D eigenvalue weighted by Gasteiger charge is -2.09. The first kappa shape index (κ1) is 15.5. The summed E-state index contributed by atoms with van der Waals surface area (Å²) in [4.78, 5) is 0. The van der Waals surface area contributed by atoms with E-state index in [1.165, 1.54) is 29.5 Å². The van der Waals surface area contributed by atoms with Gasteiger partial charge >= 0.3 is 0 Å². The fourth-order valence-corrected chi connectivity index (χ4v) is 3.63. The second-order valence-electron chi connectivity index (χ2n) is 6.32. The van der Waals surface area contributed by atoms with Crippen molar-refractivity contribution in [2.75, 3.05) is 11.9 Å². The number of hydrogen-bond acceptors (Lipinski definition) is 2. The van der Waals surface area contributed by atoms with Crippen LogP contribution in [0.25, 0.3) is 16.9 Å². The normalized spacial score (nSPS) is 13.9. The number of anilines is 1. The van der Waals surface area contributed by atoms with E-state index in [2.05, 4.69) is 75.3 Å².